The first-order valence-corrected chi connectivity index (χ1v) is 6.07. The summed E-state index contributed by atoms with van der Waals surface area (Å²) in [5.41, 5.74) is 0.648. The summed E-state index contributed by atoms with van der Waals surface area (Å²) in [5.74, 6) is 1.56. The van der Waals surface area contributed by atoms with E-state index in [1.165, 1.54) is 4.68 Å². The Morgan fingerprint density at radius 3 is 2.74 bits per heavy atom. The van der Waals surface area contributed by atoms with Gasteiger partial charge in [-0.05, 0) is 19.2 Å². The van der Waals surface area contributed by atoms with E-state index in [4.69, 9.17) is 4.42 Å². The molecule has 2 heterocycles. The lowest BCUT2D eigenvalue weighted by Crippen LogP contribution is -2.24. The van der Waals surface area contributed by atoms with Crippen LogP contribution >= 0.6 is 0 Å². The van der Waals surface area contributed by atoms with E-state index < -0.39 is 0 Å². The minimum Gasteiger partial charge on any atom is -0.463 e. The molecular formula is C13H18N4O2. The average molecular weight is 262 g/mol. The maximum Gasteiger partial charge on any atom is 0.269 e. The molecule has 6 heteroatoms. The molecule has 0 aromatic carbocycles. The summed E-state index contributed by atoms with van der Waals surface area (Å²) >= 11 is 0. The van der Waals surface area contributed by atoms with Gasteiger partial charge in [-0.1, -0.05) is 0 Å². The van der Waals surface area contributed by atoms with Crippen molar-refractivity contribution in [1.29, 1.82) is 0 Å². The van der Waals surface area contributed by atoms with Crippen LogP contribution in [0.15, 0.2) is 33.6 Å². The molecule has 0 spiro atoms. The third kappa shape index (κ3) is 3.23. The predicted octanol–water partition coefficient (Wildman–Crippen LogP) is 0.670. The maximum atomic E-state index is 11.9. The first-order chi connectivity index (χ1) is 9.10. The highest BCUT2D eigenvalue weighted by molar-refractivity contribution is 5.40. The number of nitrogens with zero attached hydrogens (tertiary/aromatic N) is 3. The minimum absolute atomic E-state index is 0.141. The molecule has 0 saturated carbocycles. The van der Waals surface area contributed by atoms with E-state index in [0.717, 1.165) is 17.2 Å². The molecule has 1 N–H and O–H groups in total. The van der Waals surface area contributed by atoms with Crippen LogP contribution in [-0.4, -0.2) is 30.9 Å². The molecule has 0 radical (unpaired) electrons. The Bertz CT molecular complexity index is 601. The van der Waals surface area contributed by atoms with E-state index in [2.05, 4.69) is 10.4 Å². The van der Waals surface area contributed by atoms with Crippen molar-refractivity contribution in [3.63, 3.8) is 0 Å². The van der Waals surface area contributed by atoms with Gasteiger partial charge in [0.15, 0.2) is 0 Å². The fraction of sp³-hybridized carbons (Fsp3) is 0.385. The molecule has 2 rings (SSSR count). The number of hydrogen-bond donors (Lipinski definition) is 1. The van der Waals surface area contributed by atoms with Gasteiger partial charge in [-0.25, -0.2) is 4.68 Å². The number of anilines is 1. The molecule has 0 atom stereocenters. The van der Waals surface area contributed by atoms with Crippen molar-refractivity contribution >= 4 is 5.69 Å². The zero-order valence-electron chi connectivity index (χ0n) is 11.4. The van der Waals surface area contributed by atoms with Crippen molar-refractivity contribution in [1.82, 2.24) is 15.1 Å². The van der Waals surface area contributed by atoms with Crippen LogP contribution in [0.3, 0.4) is 0 Å². The second-order valence-electron chi connectivity index (χ2n) is 4.50. The van der Waals surface area contributed by atoms with E-state index in [1.807, 2.05) is 38.2 Å². The molecule has 19 heavy (non-hydrogen) atoms. The van der Waals surface area contributed by atoms with Gasteiger partial charge in [0.25, 0.3) is 5.56 Å². The van der Waals surface area contributed by atoms with E-state index in [0.29, 0.717) is 13.1 Å². The number of furan rings is 1. The highest BCUT2D eigenvalue weighted by Gasteiger charge is 2.06. The van der Waals surface area contributed by atoms with Crippen LogP contribution in [0.4, 0.5) is 5.69 Å². The largest absolute Gasteiger partial charge is 0.463 e. The van der Waals surface area contributed by atoms with Gasteiger partial charge in [-0.3, -0.25) is 4.79 Å². The third-order valence-corrected chi connectivity index (χ3v) is 2.75. The lowest BCUT2D eigenvalue weighted by molar-refractivity contribution is 0.431. The number of nitrogens with one attached hydrogen (secondary N) is 1. The Morgan fingerprint density at radius 1 is 1.37 bits per heavy atom. The molecule has 0 saturated heterocycles. The Morgan fingerprint density at radius 2 is 2.11 bits per heavy atom. The van der Waals surface area contributed by atoms with E-state index in [1.54, 1.807) is 12.3 Å². The summed E-state index contributed by atoms with van der Waals surface area (Å²) in [6, 6.07) is 5.32. The third-order valence-electron chi connectivity index (χ3n) is 2.75. The molecule has 102 valence electrons. The Balaban J connectivity index is 2.16. The van der Waals surface area contributed by atoms with Gasteiger partial charge >= 0.3 is 0 Å². The molecule has 0 aliphatic carbocycles. The highest BCUT2D eigenvalue weighted by Crippen LogP contribution is 2.09. The van der Waals surface area contributed by atoms with Gasteiger partial charge in [-0.2, -0.15) is 5.10 Å². The van der Waals surface area contributed by atoms with Gasteiger partial charge in [-0.15, -0.1) is 0 Å². The lowest BCUT2D eigenvalue weighted by atomic mass is 10.4. The van der Waals surface area contributed by atoms with Crippen LogP contribution in [0.5, 0.6) is 0 Å². The van der Waals surface area contributed by atoms with Gasteiger partial charge in [0.05, 0.1) is 18.4 Å². The van der Waals surface area contributed by atoms with Gasteiger partial charge in [0.1, 0.15) is 18.1 Å². The average Bonchev–Trinajstić information content (AvgIpc) is 2.79. The zero-order chi connectivity index (χ0) is 13.8. The summed E-state index contributed by atoms with van der Waals surface area (Å²) in [6.45, 7) is 1.01. The monoisotopic (exact) mass is 262 g/mol. The summed E-state index contributed by atoms with van der Waals surface area (Å²) < 4.78 is 6.97. The zero-order valence-corrected chi connectivity index (χ0v) is 11.4. The molecule has 0 amide bonds. The summed E-state index contributed by atoms with van der Waals surface area (Å²) in [6.07, 6.45) is 1.67. The van der Waals surface area contributed by atoms with Crippen molar-refractivity contribution < 1.29 is 4.42 Å². The minimum atomic E-state index is -0.141. The van der Waals surface area contributed by atoms with Gasteiger partial charge in [0.2, 0.25) is 0 Å². The smallest absolute Gasteiger partial charge is 0.269 e. The fourth-order valence-electron chi connectivity index (χ4n) is 1.71. The maximum absolute atomic E-state index is 11.9. The van der Waals surface area contributed by atoms with E-state index >= 15 is 0 Å². The SMILES string of the molecule is CNCc1ccc(Cn2ncc(N(C)C)cc2=O)o1. The topological polar surface area (TPSA) is 63.3 Å². The summed E-state index contributed by atoms with van der Waals surface area (Å²) in [5, 5.41) is 7.15. The molecular weight excluding hydrogens is 244 g/mol. The normalized spacial score (nSPS) is 10.7. The fourth-order valence-corrected chi connectivity index (χ4v) is 1.71. The Labute approximate surface area is 111 Å². The molecule has 0 aliphatic heterocycles. The van der Waals surface area contributed by atoms with Crippen LogP contribution in [-0.2, 0) is 13.1 Å². The van der Waals surface area contributed by atoms with E-state index in [9.17, 15) is 4.79 Å². The highest BCUT2D eigenvalue weighted by atomic mass is 16.3. The molecule has 2 aromatic rings. The van der Waals surface area contributed by atoms with E-state index in [-0.39, 0.29) is 5.56 Å². The first kappa shape index (κ1) is 13.4. The summed E-state index contributed by atoms with van der Waals surface area (Å²) in [4.78, 5) is 13.7. The van der Waals surface area contributed by atoms with Crippen LogP contribution in [0.1, 0.15) is 11.5 Å². The molecule has 6 nitrogen and oxygen atoms in total. The standard InChI is InChI=1S/C13H18N4O2/c1-14-8-11-4-5-12(19-11)9-17-13(18)6-10(7-15-17)16(2)3/h4-7,14H,8-9H2,1-3H3. The van der Waals surface area contributed by atoms with Crippen LogP contribution in [0, 0.1) is 0 Å². The van der Waals surface area contributed by atoms with Crippen molar-refractivity contribution in [2.24, 2.45) is 0 Å². The van der Waals surface area contributed by atoms with Gasteiger partial charge in [0, 0.05) is 20.2 Å². The van der Waals surface area contributed by atoms with Crippen molar-refractivity contribution in [3.8, 4) is 0 Å². The molecule has 0 fully saturated rings. The van der Waals surface area contributed by atoms with Crippen molar-refractivity contribution in [2.45, 2.75) is 13.1 Å². The lowest BCUT2D eigenvalue weighted by Gasteiger charge is -2.11. The van der Waals surface area contributed by atoms with Crippen LogP contribution < -0.4 is 15.8 Å². The molecule has 0 unspecified atom stereocenters. The Kier molecular flexibility index (Phi) is 4.01. The summed E-state index contributed by atoms with van der Waals surface area (Å²) in [7, 11) is 5.60. The predicted molar refractivity (Wildman–Crippen MR) is 73.4 cm³/mol. The van der Waals surface area contributed by atoms with Crippen LogP contribution in [0.25, 0.3) is 0 Å². The number of aromatic nitrogens is 2. The van der Waals surface area contributed by atoms with Gasteiger partial charge < -0.3 is 14.6 Å². The second-order valence-corrected chi connectivity index (χ2v) is 4.50. The first-order valence-electron chi connectivity index (χ1n) is 6.07. The molecule has 0 aliphatic rings. The van der Waals surface area contributed by atoms with Crippen LogP contribution in [0.2, 0.25) is 0 Å². The number of hydrogen-bond acceptors (Lipinski definition) is 5. The van der Waals surface area contributed by atoms with Crippen molar-refractivity contribution in [2.75, 3.05) is 26.0 Å². The molecule has 2 aromatic heterocycles. The van der Waals surface area contributed by atoms with Crippen molar-refractivity contribution in [3.05, 3.63) is 46.3 Å². The second kappa shape index (κ2) is 5.71. The number of rotatable bonds is 5. The Hall–Kier alpha value is -2.08. The quantitative estimate of drug-likeness (QED) is 0.858. The molecule has 0 bridgehead atoms.